The van der Waals surface area contributed by atoms with Gasteiger partial charge in [0, 0.05) is 37.1 Å². The SMILES string of the molecule is N#CCCNC(=O)CC1CSCCN1. The zero-order valence-electron chi connectivity index (χ0n) is 8.08. The molecule has 0 spiro atoms. The highest BCUT2D eigenvalue weighted by Crippen LogP contribution is 2.09. The van der Waals surface area contributed by atoms with E-state index in [1.807, 2.05) is 17.8 Å². The summed E-state index contributed by atoms with van der Waals surface area (Å²) >= 11 is 1.88. The first-order valence-corrected chi connectivity index (χ1v) is 5.93. The van der Waals surface area contributed by atoms with Crippen molar-refractivity contribution in [1.82, 2.24) is 10.6 Å². The summed E-state index contributed by atoms with van der Waals surface area (Å²) in [5.74, 6) is 2.18. The lowest BCUT2D eigenvalue weighted by molar-refractivity contribution is -0.121. The molecule has 0 saturated carbocycles. The smallest absolute Gasteiger partial charge is 0.221 e. The van der Waals surface area contributed by atoms with Gasteiger partial charge in [0.2, 0.25) is 5.91 Å². The van der Waals surface area contributed by atoms with E-state index in [-0.39, 0.29) is 5.91 Å². The maximum atomic E-state index is 11.3. The summed E-state index contributed by atoms with van der Waals surface area (Å²) in [7, 11) is 0. The fourth-order valence-electron chi connectivity index (χ4n) is 1.30. The number of carbonyl (C=O) groups is 1. The molecule has 2 N–H and O–H groups in total. The van der Waals surface area contributed by atoms with Gasteiger partial charge in [-0.3, -0.25) is 4.79 Å². The van der Waals surface area contributed by atoms with Crippen LogP contribution in [0, 0.1) is 11.3 Å². The van der Waals surface area contributed by atoms with Crippen molar-refractivity contribution in [2.75, 3.05) is 24.6 Å². The summed E-state index contributed by atoms with van der Waals surface area (Å²) in [6.07, 6.45) is 0.914. The first kappa shape index (κ1) is 11.3. The zero-order valence-corrected chi connectivity index (χ0v) is 8.90. The molecule has 0 aromatic heterocycles. The van der Waals surface area contributed by atoms with E-state index in [9.17, 15) is 4.79 Å². The van der Waals surface area contributed by atoms with Crippen molar-refractivity contribution in [1.29, 1.82) is 5.26 Å². The van der Waals surface area contributed by atoms with Crippen molar-refractivity contribution in [2.24, 2.45) is 0 Å². The van der Waals surface area contributed by atoms with Gasteiger partial charge in [0.25, 0.3) is 0 Å². The number of rotatable bonds is 4. The Labute approximate surface area is 88.4 Å². The first-order valence-electron chi connectivity index (χ1n) is 4.77. The van der Waals surface area contributed by atoms with E-state index in [1.165, 1.54) is 0 Å². The van der Waals surface area contributed by atoms with Crippen LogP contribution >= 0.6 is 11.8 Å². The molecule has 0 aromatic rings. The van der Waals surface area contributed by atoms with E-state index < -0.39 is 0 Å². The lowest BCUT2D eigenvalue weighted by atomic mass is 10.2. The molecule has 1 fully saturated rings. The highest BCUT2D eigenvalue weighted by molar-refractivity contribution is 7.99. The molecule has 1 saturated heterocycles. The maximum Gasteiger partial charge on any atom is 0.221 e. The molecule has 0 aliphatic carbocycles. The van der Waals surface area contributed by atoms with Gasteiger partial charge >= 0.3 is 0 Å². The van der Waals surface area contributed by atoms with Crippen LogP contribution in [0.5, 0.6) is 0 Å². The highest BCUT2D eigenvalue weighted by Gasteiger charge is 2.15. The standard InChI is InChI=1S/C9H15N3OS/c10-2-1-3-12-9(13)6-8-7-14-5-4-11-8/h8,11H,1,3-7H2,(H,12,13). The van der Waals surface area contributed by atoms with Crippen molar-refractivity contribution in [3.63, 3.8) is 0 Å². The zero-order chi connectivity index (χ0) is 10.2. The molecule has 0 aromatic carbocycles. The highest BCUT2D eigenvalue weighted by atomic mass is 32.2. The molecule has 1 rings (SSSR count). The molecule has 14 heavy (non-hydrogen) atoms. The van der Waals surface area contributed by atoms with Gasteiger partial charge in [-0.1, -0.05) is 0 Å². The second-order valence-electron chi connectivity index (χ2n) is 3.19. The molecule has 1 amide bonds. The van der Waals surface area contributed by atoms with E-state index in [2.05, 4.69) is 10.6 Å². The van der Waals surface area contributed by atoms with Crippen LogP contribution in [-0.2, 0) is 4.79 Å². The number of amides is 1. The Morgan fingerprint density at radius 2 is 2.57 bits per heavy atom. The van der Waals surface area contributed by atoms with Crippen LogP contribution in [0.1, 0.15) is 12.8 Å². The van der Waals surface area contributed by atoms with Gasteiger partial charge in [0.1, 0.15) is 0 Å². The molecular weight excluding hydrogens is 198 g/mol. The van der Waals surface area contributed by atoms with E-state index in [0.717, 1.165) is 18.1 Å². The van der Waals surface area contributed by atoms with Crippen molar-refractivity contribution in [3.8, 4) is 6.07 Å². The van der Waals surface area contributed by atoms with Gasteiger partial charge in [-0.15, -0.1) is 0 Å². The van der Waals surface area contributed by atoms with Crippen LogP contribution < -0.4 is 10.6 Å². The van der Waals surface area contributed by atoms with E-state index in [0.29, 0.717) is 25.4 Å². The molecule has 1 aliphatic heterocycles. The van der Waals surface area contributed by atoms with E-state index in [1.54, 1.807) is 0 Å². The van der Waals surface area contributed by atoms with Gasteiger partial charge in [-0.05, 0) is 0 Å². The molecule has 1 aliphatic rings. The molecule has 1 atom stereocenters. The van der Waals surface area contributed by atoms with E-state index in [4.69, 9.17) is 5.26 Å². The second-order valence-corrected chi connectivity index (χ2v) is 4.34. The maximum absolute atomic E-state index is 11.3. The third kappa shape index (κ3) is 4.49. The van der Waals surface area contributed by atoms with Crippen molar-refractivity contribution < 1.29 is 4.79 Å². The van der Waals surface area contributed by atoms with Crippen LogP contribution in [-0.4, -0.2) is 36.5 Å². The Kier molecular flexibility index (Phi) is 5.42. The average molecular weight is 213 g/mol. The molecular formula is C9H15N3OS. The van der Waals surface area contributed by atoms with E-state index >= 15 is 0 Å². The monoisotopic (exact) mass is 213 g/mol. The van der Waals surface area contributed by atoms with Gasteiger partial charge in [0.05, 0.1) is 12.5 Å². The minimum Gasteiger partial charge on any atom is -0.355 e. The van der Waals surface area contributed by atoms with Crippen LogP contribution in [0.2, 0.25) is 0 Å². The largest absolute Gasteiger partial charge is 0.355 e. The summed E-state index contributed by atoms with van der Waals surface area (Å²) in [5.41, 5.74) is 0. The first-order chi connectivity index (χ1) is 6.83. The summed E-state index contributed by atoms with van der Waals surface area (Å²) in [5, 5.41) is 14.3. The number of nitrogens with zero attached hydrogens (tertiary/aromatic N) is 1. The Bertz CT molecular complexity index is 221. The minimum atomic E-state index is 0.0419. The lowest BCUT2D eigenvalue weighted by Crippen LogP contribution is -2.41. The Balaban J connectivity index is 2.10. The predicted molar refractivity (Wildman–Crippen MR) is 57.0 cm³/mol. The molecule has 4 nitrogen and oxygen atoms in total. The molecule has 1 unspecified atom stereocenters. The topological polar surface area (TPSA) is 64.9 Å². The van der Waals surface area contributed by atoms with Crippen LogP contribution in [0.15, 0.2) is 0 Å². The number of nitrogens with one attached hydrogen (secondary N) is 2. The molecule has 0 radical (unpaired) electrons. The predicted octanol–water partition coefficient (Wildman–Crippen LogP) is 0.111. The number of hydrogen-bond acceptors (Lipinski definition) is 4. The third-order valence-electron chi connectivity index (χ3n) is 1.99. The summed E-state index contributed by atoms with van der Waals surface area (Å²) in [6, 6.07) is 2.29. The number of nitriles is 1. The normalized spacial score (nSPS) is 21.2. The number of thioether (sulfide) groups is 1. The van der Waals surface area contributed by atoms with Crippen LogP contribution in [0.3, 0.4) is 0 Å². The quantitative estimate of drug-likeness (QED) is 0.651. The Morgan fingerprint density at radius 1 is 1.71 bits per heavy atom. The Morgan fingerprint density at radius 3 is 3.21 bits per heavy atom. The molecule has 0 bridgehead atoms. The molecule has 1 heterocycles. The summed E-state index contributed by atoms with van der Waals surface area (Å²) in [4.78, 5) is 11.3. The van der Waals surface area contributed by atoms with Gasteiger partial charge in [-0.2, -0.15) is 17.0 Å². The molecule has 5 heteroatoms. The van der Waals surface area contributed by atoms with Crippen molar-refractivity contribution >= 4 is 17.7 Å². The fraction of sp³-hybridized carbons (Fsp3) is 0.778. The summed E-state index contributed by atoms with van der Waals surface area (Å²) < 4.78 is 0. The summed E-state index contributed by atoms with van der Waals surface area (Å²) in [6.45, 7) is 1.45. The number of hydrogen-bond donors (Lipinski definition) is 2. The van der Waals surface area contributed by atoms with Crippen LogP contribution in [0.4, 0.5) is 0 Å². The van der Waals surface area contributed by atoms with Crippen LogP contribution in [0.25, 0.3) is 0 Å². The van der Waals surface area contributed by atoms with Crippen molar-refractivity contribution in [2.45, 2.75) is 18.9 Å². The van der Waals surface area contributed by atoms with Crippen molar-refractivity contribution in [3.05, 3.63) is 0 Å². The fourth-order valence-corrected chi connectivity index (χ4v) is 2.25. The van der Waals surface area contributed by atoms with Gasteiger partial charge in [-0.25, -0.2) is 0 Å². The number of carbonyl (C=O) groups excluding carboxylic acids is 1. The Hall–Kier alpha value is -0.730. The lowest BCUT2D eigenvalue weighted by Gasteiger charge is -2.22. The second kappa shape index (κ2) is 6.68. The van der Waals surface area contributed by atoms with Gasteiger partial charge in [0.15, 0.2) is 0 Å². The minimum absolute atomic E-state index is 0.0419. The van der Waals surface area contributed by atoms with Gasteiger partial charge < -0.3 is 10.6 Å². The third-order valence-corrected chi connectivity index (χ3v) is 3.12. The molecule has 78 valence electrons. The average Bonchev–Trinajstić information content (AvgIpc) is 2.20.